The van der Waals surface area contributed by atoms with Crippen molar-refractivity contribution in [3.63, 3.8) is 0 Å². The van der Waals surface area contributed by atoms with E-state index in [1.165, 1.54) is 29.0 Å². The summed E-state index contributed by atoms with van der Waals surface area (Å²) in [7, 11) is 0. The number of hydrogen-bond donors (Lipinski definition) is 0. The fourth-order valence-corrected chi connectivity index (χ4v) is 6.12. The zero-order chi connectivity index (χ0) is 21.2. The van der Waals surface area contributed by atoms with Crippen molar-refractivity contribution in [3.8, 4) is 0 Å². The molecule has 2 aromatic heterocycles. The van der Waals surface area contributed by atoms with E-state index < -0.39 is 0 Å². The number of thioether (sulfide) groups is 1. The molecule has 1 aliphatic carbocycles. The standard InChI is InChI=1S/C23H24N4O2S2/c28-21-18-10-4-5-11-19(18)22(29)26(21)12-14-31-23-25-24-20(15-17-9-6-13-30-17)27(23)16-7-2-1-3-8-16/h4-6,9-11,13,16H,1-3,7-8,12,14-15H2. The molecular formula is C23H24N4O2S2. The molecule has 0 atom stereocenters. The predicted octanol–water partition coefficient (Wildman–Crippen LogP) is 4.82. The molecule has 31 heavy (non-hydrogen) atoms. The number of carbonyl (C=O) groups excluding carboxylic acids is 2. The number of amides is 2. The Labute approximate surface area is 189 Å². The van der Waals surface area contributed by atoms with E-state index in [4.69, 9.17) is 0 Å². The first-order valence-corrected chi connectivity index (χ1v) is 12.6. The molecule has 0 N–H and O–H groups in total. The molecule has 0 unspecified atom stereocenters. The lowest BCUT2D eigenvalue weighted by Gasteiger charge is -2.25. The van der Waals surface area contributed by atoms with Crippen LogP contribution in [0, 0.1) is 0 Å². The number of benzene rings is 1. The molecule has 1 fully saturated rings. The summed E-state index contributed by atoms with van der Waals surface area (Å²) in [6.45, 7) is 0.370. The van der Waals surface area contributed by atoms with Gasteiger partial charge in [0, 0.05) is 29.6 Å². The van der Waals surface area contributed by atoms with Crippen LogP contribution in [0.1, 0.15) is 69.6 Å². The van der Waals surface area contributed by atoms with Crippen LogP contribution in [0.15, 0.2) is 46.9 Å². The Hall–Kier alpha value is -2.45. The van der Waals surface area contributed by atoms with Gasteiger partial charge in [0.15, 0.2) is 5.16 Å². The van der Waals surface area contributed by atoms with E-state index in [-0.39, 0.29) is 11.8 Å². The van der Waals surface area contributed by atoms with Crippen LogP contribution in [0.2, 0.25) is 0 Å². The minimum Gasteiger partial charge on any atom is -0.303 e. The SMILES string of the molecule is O=C1c2ccccc2C(=O)N1CCSc1nnc(Cc2cccs2)n1C1CCCCC1. The molecule has 0 spiro atoms. The quantitative estimate of drug-likeness (QED) is 0.380. The van der Waals surface area contributed by atoms with E-state index in [0.29, 0.717) is 29.5 Å². The Kier molecular flexibility index (Phi) is 5.91. The van der Waals surface area contributed by atoms with Crippen molar-refractivity contribution >= 4 is 34.9 Å². The van der Waals surface area contributed by atoms with E-state index in [1.807, 2.05) is 0 Å². The van der Waals surface area contributed by atoms with Crippen LogP contribution in [-0.4, -0.2) is 43.8 Å². The maximum Gasteiger partial charge on any atom is 0.261 e. The molecule has 1 aromatic carbocycles. The number of thiophene rings is 1. The molecule has 6 nitrogen and oxygen atoms in total. The van der Waals surface area contributed by atoms with Crippen LogP contribution in [-0.2, 0) is 6.42 Å². The first-order valence-electron chi connectivity index (χ1n) is 10.8. The summed E-state index contributed by atoms with van der Waals surface area (Å²) < 4.78 is 2.33. The van der Waals surface area contributed by atoms with Gasteiger partial charge >= 0.3 is 0 Å². The van der Waals surface area contributed by atoms with Gasteiger partial charge < -0.3 is 4.57 Å². The highest BCUT2D eigenvalue weighted by molar-refractivity contribution is 7.99. The predicted molar refractivity (Wildman–Crippen MR) is 122 cm³/mol. The van der Waals surface area contributed by atoms with Gasteiger partial charge in [-0.15, -0.1) is 21.5 Å². The third kappa shape index (κ3) is 4.06. The van der Waals surface area contributed by atoms with Crippen LogP contribution in [0.25, 0.3) is 0 Å². The third-order valence-corrected chi connectivity index (χ3v) is 7.81. The average Bonchev–Trinajstić information content (AvgIpc) is 3.51. The fourth-order valence-electron chi connectivity index (χ4n) is 4.47. The van der Waals surface area contributed by atoms with Crippen LogP contribution in [0.3, 0.4) is 0 Å². The number of fused-ring (bicyclic) bond motifs is 1. The molecule has 0 radical (unpaired) electrons. The van der Waals surface area contributed by atoms with Crippen LogP contribution in [0.5, 0.6) is 0 Å². The van der Waals surface area contributed by atoms with Crippen molar-refractivity contribution in [2.75, 3.05) is 12.3 Å². The van der Waals surface area contributed by atoms with Crippen molar-refractivity contribution in [3.05, 3.63) is 63.6 Å². The fraction of sp³-hybridized carbons (Fsp3) is 0.391. The molecule has 2 aliphatic rings. The highest BCUT2D eigenvalue weighted by Crippen LogP contribution is 2.34. The molecule has 2 amide bonds. The molecule has 5 rings (SSSR count). The molecule has 1 saturated carbocycles. The van der Waals surface area contributed by atoms with E-state index in [2.05, 4.69) is 32.3 Å². The topological polar surface area (TPSA) is 68.1 Å². The normalized spacial score (nSPS) is 16.8. The van der Waals surface area contributed by atoms with Gasteiger partial charge in [-0.2, -0.15) is 0 Å². The largest absolute Gasteiger partial charge is 0.303 e. The van der Waals surface area contributed by atoms with Crippen LogP contribution >= 0.6 is 23.1 Å². The average molecular weight is 453 g/mol. The van der Waals surface area contributed by atoms with Crippen LogP contribution in [0.4, 0.5) is 0 Å². The summed E-state index contributed by atoms with van der Waals surface area (Å²) in [5.41, 5.74) is 1.00. The highest BCUT2D eigenvalue weighted by atomic mass is 32.2. The van der Waals surface area contributed by atoms with E-state index in [1.54, 1.807) is 47.4 Å². The minimum absolute atomic E-state index is 0.201. The van der Waals surface area contributed by atoms with Crippen molar-refractivity contribution in [1.29, 1.82) is 0 Å². The van der Waals surface area contributed by atoms with Gasteiger partial charge in [0.05, 0.1) is 11.1 Å². The van der Waals surface area contributed by atoms with E-state index >= 15 is 0 Å². The Morgan fingerprint density at radius 3 is 2.39 bits per heavy atom. The number of aromatic nitrogens is 3. The smallest absolute Gasteiger partial charge is 0.261 e. The van der Waals surface area contributed by atoms with Gasteiger partial charge in [0.25, 0.3) is 11.8 Å². The summed E-state index contributed by atoms with van der Waals surface area (Å²) in [6.07, 6.45) is 6.87. The zero-order valence-corrected chi connectivity index (χ0v) is 18.8. The van der Waals surface area contributed by atoms with Crippen molar-refractivity contribution in [2.24, 2.45) is 0 Å². The van der Waals surface area contributed by atoms with Crippen molar-refractivity contribution < 1.29 is 9.59 Å². The summed E-state index contributed by atoms with van der Waals surface area (Å²) >= 11 is 3.33. The van der Waals surface area contributed by atoms with Gasteiger partial charge in [0.1, 0.15) is 5.82 Å². The van der Waals surface area contributed by atoms with Gasteiger partial charge in [-0.3, -0.25) is 14.5 Å². The van der Waals surface area contributed by atoms with E-state index in [0.717, 1.165) is 30.2 Å². The lowest BCUT2D eigenvalue weighted by Crippen LogP contribution is -2.31. The second kappa shape index (κ2) is 8.96. The van der Waals surface area contributed by atoms with Gasteiger partial charge in [-0.25, -0.2) is 0 Å². The molecule has 3 heterocycles. The van der Waals surface area contributed by atoms with Crippen molar-refractivity contribution in [1.82, 2.24) is 19.7 Å². The molecule has 3 aromatic rings. The second-order valence-corrected chi connectivity index (χ2v) is 10.1. The lowest BCUT2D eigenvalue weighted by molar-refractivity contribution is 0.0664. The van der Waals surface area contributed by atoms with E-state index in [9.17, 15) is 9.59 Å². The Morgan fingerprint density at radius 1 is 0.968 bits per heavy atom. The first-order chi connectivity index (χ1) is 15.2. The Balaban J connectivity index is 1.31. The van der Waals surface area contributed by atoms with Crippen molar-refractivity contribution in [2.45, 2.75) is 49.7 Å². The summed E-state index contributed by atoms with van der Waals surface area (Å²) in [5, 5.41) is 12.0. The number of nitrogens with zero attached hydrogens (tertiary/aromatic N) is 4. The Bertz CT molecular complexity index is 1050. The minimum atomic E-state index is -0.201. The van der Waals surface area contributed by atoms with Crippen LogP contribution < -0.4 is 0 Å². The summed E-state index contributed by atoms with van der Waals surface area (Å²) in [5.74, 6) is 1.22. The number of hydrogen-bond acceptors (Lipinski definition) is 6. The molecule has 0 saturated heterocycles. The molecule has 8 heteroatoms. The molecule has 0 bridgehead atoms. The zero-order valence-electron chi connectivity index (χ0n) is 17.2. The third-order valence-electron chi connectivity index (χ3n) is 6.01. The lowest BCUT2D eigenvalue weighted by atomic mass is 9.95. The molecular weight excluding hydrogens is 428 g/mol. The second-order valence-electron chi connectivity index (χ2n) is 7.97. The van der Waals surface area contributed by atoms with Gasteiger partial charge in [-0.05, 0) is 36.4 Å². The number of imide groups is 1. The highest BCUT2D eigenvalue weighted by Gasteiger charge is 2.34. The molecule has 1 aliphatic heterocycles. The Morgan fingerprint density at radius 2 is 1.71 bits per heavy atom. The maximum absolute atomic E-state index is 12.6. The maximum atomic E-state index is 12.6. The molecule has 160 valence electrons. The number of carbonyl (C=O) groups is 2. The summed E-state index contributed by atoms with van der Waals surface area (Å²) in [6, 6.07) is 11.7. The van der Waals surface area contributed by atoms with Gasteiger partial charge in [0.2, 0.25) is 0 Å². The number of rotatable bonds is 7. The van der Waals surface area contributed by atoms with Gasteiger partial charge in [-0.1, -0.05) is 49.2 Å². The monoisotopic (exact) mass is 452 g/mol. The first kappa shape index (κ1) is 20.5. The summed E-state index contributed by atoms with van der Waals surface area (Å²) in [4.78, 5) is 27.9.